The highest BCUT2D eigenvalue weighted by atomic mass is 16.1. The predicted molar refractivity (Wildman–Crippen MR) is 137 cm³/mol. The lowest BCUT2D eigenvalue weighted by Gasteiger charge is -2.10. The summed E-state index contributed by atoms with van der Waals surface area (Å²) >= 11 is 0. The number of benzene rings is 1. The molecule has 4 heterocycles. The summed E-state index contributed by atoms with van der Waals surface area (Å²) in [6, 6.07) is 14.0. The van der Waals surface area contributed by atoms with Crippen LogP contribution in [0.2, 0.25) is 0 Å². The van der Waals surface area contributed by atoms with Gasteiger partial charge in [0.2, 0.25) is 5.82 Å². The van der Waals surface area contributed by atoms with Crippen LogP contribution < -0.4 is 5.69 Å². The summed E-state index contributed by atoms with van der Waals surface area (Å²) in [7, 11) is 0. The van der Waals surface area contributed by atoms with E-state index in [4.69, 9.17) is 0 Å². The van der Waals surface area contributed by atoms with E-state index in [0.717, 1.165) is 53.2 Å². The van der Waals surface area contributed by atoms with E-state index in [1.54, 1.807) is 17.0 Å². The van der Waals surface area contributed by atoms with Crippen LogP contribution in [0.4, 0.5) is 0 Å². The van der Waals surface area contributed by atoms with Crippen molar-refractivity contribution in [2.24, 2.45) is 0 Å². The van der Waals surface area contributed by atoms with Crippen LogP contribution in [0.25, 0.3) is 28.3 Å². The van der Waals surface area contributed by atoms with Crippen molar-refractivity contribution >= 4 is 0 Å². The molecule has 0 amide bonds. The fraction of sp³-hybridized carbons (Fsp3) is 0.308. The highest BCUT2D eigenvalue weighted by Crippen LogP contribution is 2.25. The van der Waals surface area contributed by atoms with Gasteiger partial charge >= 0.3 is 5.69 Å². The Balaban J connectivity index is 1.50. The van der Waals surface area contributed by atoms with Gasteiger partial charge in [-0.1, -0.05) is 31.5 Å². The number of aromatic amines is 1. The number of H-pyrrole nitrogens is 1. The van der Waals surface area contributed by atoms with Gasteiger partial charge in [-0.05, 0) is 61.2 Å². The average molecular weight is 484 g/mol. The van der Waals surface area contributed by atoms with Gasteiger partial charge in [-0.15, -0.1) is 10.2 Å². The maximum atomic E-state index is 13.6. The molecule has 1 N–H and O–H groups in total. The van der Waals surface area contributed by atoms with E-state index >= 15 is 0 Å². The van der Waals surface area contributed by atoms with Crippen molar-refractivity contribution in [3.63, 3.8) is 0 Å². The lowest BCUT2D eigenvalue weighted by molar-refractivity contribution is 0.518. The third-order valence-electron chi connectivity index (χ3n) is 6.17. The fourth-order valence-electron chi connectivity index (χ4n) is 4.34. The predicted octanol–water partition coefficient (Wildman–Crippen LogP) is 4.05. The van der Waals surface area contributed by atoms with Gasteiger partial charge < -0.3 is 0 Å². The van der Waals surface area contributed by atoms with Crippen molar-refractivity contribution < 1.29 is 0 Å². The minimum Gasteiger partial charge on any atom is -0.290 e. The van der Waals surface area contributed by atoms with Crippen LogP contribution in [0.15, 0.2) is 65.8 Å². The van der Waals surface area contributed by atoms with Crippen LogP contribution in [0, 0.1) is 0 Å². The third-order valence-corrected chi connectivity index (χ3v) is 6.17. The molecule has 1 aromatic carbocycles. The SMILES string of the molecule is CCCCc1cn(-c2ccnn2C(C)C)c(=O)n1Cc1cc(-c2cccc(-c3nn[nH]n3)c2)ccn1. The Bertz CT molecular complexity index is 1510. The number of nitrogens with zero attached hydrogens (tertiary/aromatic N) is 8. The largest absolute Gasteiger partial charge is 0.334 e. The summed E-state index contributed by atoms with van der Waals surface area (Å²) in [5, 5.41) is 18.7. The molecule has 0 radical (unpaired) electrons. The first-order valence-electron chi connectivity index (χ1n) is 12.2. The number of tetrazole rings is 1. The summed E-state index contributed by atoms with van der Waals surface area (Å²) < 4.78 is 5.40. The number of aryl methyl sites for hydroxylation is 1. The molecule has 5 aromatic rings. The molecular weight excluding hydrogens is 454 g/mol. The summed E-state index contributed by atoms with van der Waals surface area (Å²) in [4.78, 5) is 18.2. The van der Waals surface area contributed by atoms with Crippen molar-refractivity contribution in [1.82, 2.24) is 44.5 Å². The number of hydrogen-bond acceptors (Lipinski definition) is 6. The molecule has 5 rings (SSSR count). The zero-order valence-electron chi connectivity index (χ0n) is 20.7. The minimum atomic E-state index is -0.0881. The van der Waals surface area contributed by atoms with E-state index in [2.05, 4.69) is 51.5 Å². The van der Waals surface area contributed by atoms with Crippen molar-refractivity contribution in [3.8, 4) is 28.3 Å². The molecule has 0 aliphatic carbocycles. The summed E-state index contributed by atoms with van der Waals surface area (Å²) in [6.07, 6.45) is 8.34. The smallest absolute Gasteiger partial charge is 0.290 e. The van der Waals surface area contributed by atoms with E-state index in [1.165, 1.54) is 0 Å². The Kier molecular flexibility index (Phi) is 6.57. The molecule has 0 spiro atoms. The zero-order valence-corrected chi connectivity index (χ0v) is 20.7. The Morgan fingerprint density at radius 1 is 1.03 bits per heavy atom. The molecule has 0 aliphatic rings. The van der Waals surface area contributed by atoms with Crippen molar-refractivity contribution in [2.45, 2.75) is 52.6 Å². The number of imidazole rings is 1. The first kappa shape index (κ1) is 23.4. The molecule has 0 unspecified atom stereocenters. The molecule has 0 aliphatic heterocycles. The monoisotopic (exact) mass is 483 g/mol. The Morgan fingerprint density at radius 3 is 2.64 bits per heavy atom. The first-order chi connectivity index (χ1) is 17.5. The van der Waals surface area contributed by atoms with E-state index in [-0.39, 0.29) is 11.7 Å². The van der Waals surface area contributed by atoms with Gasteiger partial charge in [0.15, 0.2) is 0 Å². The van der Waals surface area contributed by atoms with E-state index in [1.807, 2.05) is 57.9 Å². The number of unbranched alkanes of at least 4 members (excludes halogenated alkanes) is 1. The van der Waals surface area contributed by atoms with Crippen molar-refractivity contribution in [3.05, 3.63) is 82.9 Å². The molecular formula is C26H29N9O. The van der Waals surface area contributed by atoms with Gasteiger partial charge in [0, 0.05) is 35.8 Å². The van der Waals surface area contributed by atoms with Gasteiger partial charge in [-0.25, -0.2) is 9.48 Å². The highest BCUT2D eigenvalue weighted by Gasteiger charge is 2.17. The maximum Gasteiger partial charge on any atom is 0.334 e. The van der Waals surface area contributed by atoms with Gasteiger partial charge in [0.25, 0.3) is 0 Å². The number of nitrogens with one attached hydrogen (secondary N) is 1. The number of pyridine rings is 1. The van der Waals surface area contributed by atoms with Gasteiger partial charge in [0.1, 0.15) is 5.82 Å². The molecule has 0 fully saturated rings. The molecule has 0 saturated heterocycles. The molecule has 10 heteroatoms. The van der Waals surface area contributed by atoms with Gasteiger partial charge in [-0.3, -0.25) is 14.1 Å². The minimum absolute atomic E-state index is 0.0881. The second kappa shape index (κ2) is 10.1. The number of aromatic nitrogens is 9. The molecule has 0 saturated carbocycles. The van der Waals surface area contributed by atoms with Crippen molar-refractivity contribution in [2.75, 3.05) is 0 Å². The first-order valence-corrected chi connectivity index (χ1v) is 12.2. The second-order valence-corrected chi connectivity index (χ2v) is 9.04. The molecule has 10 nitrogen and oxygen atoms in total. The Hall–Kier alpha value is -4.34. The van der Waals surface area contributed by atoms with Crippen LogP contribution in [-0.4, -0.2) is 44.5 Å². The van der Waals surface area contributed by atoms with Crippen LogP contribution in [-0.2, 0) is 13.0 Å². The molecule has 0 bridgehead atoms. The van der Waals surface area contributed by atoms with Crippen LogP contribution in [0.1, 0.15) is 51.0 Å². The Morgan fingerprint density at radius 2 is 1.86 bits per heavy atom. The topological polar surface area (TPSA) is 112 Å². The van der Waals surface area contributed by atoms with Gasteiger partial charge in [-0.2, -0.15) is 10.3 Å². The van der Waals surface area contributed by atoms with E-state index in [0.29, 0.717) is 12.4 Å². The summed E-state index contributed by atoms with van der Waals surface area (Å²) in [6.45, 7) is 6.65. The number of hydrogen-bond donors (Lipinski definition) is 1. The lowest BCUT2D eigenvalue weighted by atomic mass is 10.0. The standard InChI is InChI=1S/C26H29N9O/c1-4-5-9-23-17-34(24-11-13-28-35(24)18(2)3)26(36)33(23)16-22-15-20(10-12-27-22)19-7-6-8-21(14-19)25-29-31-32-30-25/h6-8,10-15,17-18H,4-5,9,16H2,1-3H3,(H,29,30,31,32). The molecule has 36 heavy (non-hydrogen) atoms. The van der Waals surface area contributed by atoms with Gasteiger partial charge in [0.05, 0.1) is 18.4 Å². The second-order valence-electron chi connectivity index (χ2n) is 9.04. The molecule has 184 valence electrons. The van der Waals surface area contributed by atoms with Crippen LogP contribution in [0.5, 0.6) is 0 Å². The quantitative estimate of drug-likeness (QED) is 0.338. The molecule has 4 aromatic heterocycles. The lowest BCUT2D eigenvalue weighted by Crippen LogP contribution is -2.26. The Labute approximate surface area is 208 Å². The normalized spacial score (nSPS) is 11.4. The fourth-order valence-corrected chi connectivity index (χ4v) is 4.34. The third kappa shape index (κ3) is 4.61. The summed E-state index contributed by atoms with van der Waals surface area (Å²) in [5.74, 6) is 1.31. The average Bonchev–Trinajstić information content (AvgIpc) is 3.65. The van der Waals surface area contributed by atoms with E-state index in [9.17, 15) is 4.79 Å². The van der Waals surface area contributed by atoms with E-state index < -0.39 is 0 Å². The number of rotatable bonds is 9. The maximum absolute atomic E-state index is 13.6. The van der Waals surface area contributed by atoms with Crippen molar-refractivity contribution in [1.29, 1.82) is 0 Å². The summed E-state index contributed by atoms with van der Waals surface area (Å²) in [5.41, 5.74) is 4.60. The van der Waals surface area contributed by atoms with Crippen LogP contribution in [0.3, 0.4) is 0 Å². The van der Waals surface area contributed by atoms with Crippen LogP contribution >= 0.6 is 0 Å². The zero-order chi connectivity index (χ0) is 25.1. The molecule has 0 atom stereocenters. The highest BCUT2D eigenvalue weighted by molar-refractivity contribution is 5.70.